The predicted molar refractivity (Wildman–Crippen MR) is 111 cm³/mol. The Bertz CT molecular complexity index is 779. The van der Waals surface area contributed by atoms with Gasteiger partial charge in [0.2, 0.25) is 0 Å². The number of rotatable bonds is 5. The number of nitrogens with one attached hydrogen (secondary N) is 1. The summed E-state index contributed by atoms with van der Waals surface area (Å²) in [6, 6.07) is 9.11. The number of hydrogen-bond donors (Lipinski definition) is 1. The van der Waals surface area contributed by atoms with Gasteiger partial charge in [0.1, 0.15) is 0 Å². The van der Waals surface area contributed by atoms with Gasteiger partial charge in [-0.25, -0.2) is 0 Å². The molecule has 0 spiro atoms. The van der Waals surface area contributed by atoms with Crippen LogP contribution < -0.4 is 5.32 Å². The maximum atomic E-state index is 5.73. The molecule has 0 bridgehead atoms. The molecule has 1 saturated heterocycles. The van der Waals surface area contributed by atoms with Crippen LogP contribution in [0, 0.1) is 19.8 Å². The highest BCUT2D eigenvalue weighted by Gasteiger charge is 2.41. The highest BCUT2D eigenvalue weighted by molar-refractivity contribution is 7.80. The average Bonchev–Trinajstić information content (AvgIpc) is 3.04. The molecule has 1 aliphatic rings. The molecule has 26 heavy (non-hydrogen) atoms. The van der Waals surface area contributed by atoms with Crippen LogP contribution >= 0.6 is 12.2 Å². The third-order valence-corrected chi connectivity index (χ3v) is 5.47. The number of pyridine rings is 1. The number of thiocarbonyl (C=S) groups is 1. The van der Waals surface area contributed by atoms with Crippen LogP contribution in [0.25, 0.3) is 0 Å². The topological polar surface area (TPSA) is 33.1 Å². The smallest absolute Gasteiger partial charge is 0.170 e. The normalized spacial score (nSPS) is 20.3. The van der Waals surface area contributed by atoms with Crippen molar-refractivity contribution in [2.45, 2.75) is 59.7 Å². The van der Waals surface area contributed by atoms with Crippen molar-refractivity contribution in [3.05, 3.63) is 53.1 Å². The SMILES string of the molecule is Cc1cc([C@@H]2[C@H](c3ccccn3)NC(=S)N2CC(C)C)c(C)n1C(C)C. The van der Waals surface area contributed by atoms with Crippen LogP contribution in [0.3, 0.4) is 0 Å². The zero-order valence-electron chi connectivity index (χ0n) is 16.7. The lowest BCUT2D eigenvalue weighted by atomic mass is 9.96. The number of aryl methyl sites for hydroxylation is 1. The molecule has 5 heteroatoms. The molecule has 0 aromatic carbocycles. The van der Waals surface area contributed by atoms with Crippen molar-refractivity contribution in [1.82, 2.24) is 19.8 Å². The highest BCUT2D eigenvalue weighted by atomic mass is 32.1. The highest BCUT2D eigenvalue weighted by Crippen LogP contribution is 2.41. The molecular weight excluding hydrogens is 340 g/mol. The second-order valence-electron chi connectivity index (χ2n) is 7.96. The van der Waals surface area contributed by atoms with Gasteiger partial charge in [0.15, 0.2) is 5.11 Å². The molecule has 2 atom stereocenters. The van der Waals surface area contributed by atoms with E-state index in [0.717, 1.165) is 17.4 Å². The summed E-state index contributed by atoms with van der Waals surface area (Å²) >= 11 is 5.73. The summed E-state index contributed by atoms with van der Waals surface area (Å²) in [5.41, 5.74) is 5.01. The van der Waals surface area contributed by atoms with E-state index in [-0.39, 0.29) is 12.1 Å². The Morgan fingerprint density at radius 2 is 1.92 bits per heavy atom. The second-order valence-corrected chi connectivity index (χ2v) is 8.35. The predicted octanol–water partition coefficient (Wildman–Crippen LogP) is 4.71. The fraction of sp³-hybridized carbons (Fsp3) is 0.524. The van der Waals surface area contributed by atoms with Gasteiger partial charge in [0.25, 0.3) is 0 Å². The van der Waals surface area contributed by atoms with E-state index >= 15 is 0 Å². The lowest BCUT2D eigenvalue weighted by Gasteiger charge is -2.29. The van der Waals surface area contributed by atoms with E-state index in [0.29, 0.717) is 12.0 Å². The first-order chi connectivity index (χ1) is 12.3. The summed E-state index contributed by atoms with van der Waals surface area (Å²) in [6.45, 7) is 14.3. The minimum Gasteiger partial charge on any atom is -0.352 e. The standard InChI is InChI=1S/C21H30N4S/c1-13(2)12-24-20(17-11-15(5)25(14(3)4)16(17)6)19(23-21(24)26)18-9-7-8-10-22-18/h7-11,13-14,19-20H,12H2,1-6H3,(H,23,26)/t19-,20+/m0/s1. The van der Waals surface area contributed by atoms with Gasteiger partial charge in [0, 0.05) is 30.2 Å². The Hall–Kier alpha value is -1.88. The maximum Gasteiger partial charge on any atom is 0.170 e. The van der Waals surface area contributed by atoms with Crippen molar-refractivity contribution < 1.29 is 0 Å². The van der Waals surface area contributed by atoms with E-state index in [9.17, 15) is 0 Å². The van der Waals surface area contributed by atoms with E-state index in [1.807, 2.05) is 18.3 Å². The average molecular weight is 371 g/mol. The number of hydrogen-bond acceptors (Lipinski definition) is 2. The Morgan fingerprint density at radius 1 is 1.19 bits per heavy atom. The van der Waals surface area contributed by atoms with E-state index < -0.39 is 0 Å². The van der Waals surface area contributed by atoms with Gasteiger partial charge in [-0.3, -0.25) is 4.98 Å². The van der Waals surface area contributed by atoms with Crippen molar-refractivity contribution in [2.24, 2.45) is 5.92 Å². The minimum absolute atomic E-state index is 0.0727. The van der Waals surface area contributed by atoms with Crippen molar-refractivity contribution in [2.75, 3.05) is 6.54 Å². The van der Waals surface area contributed by atoms with Crippen molar-refractivity contribution in [1.29, 1.82) is 0 Å². The lowest BCUT2D eigenvalue weighted by Crippen LogP contribution is -2.33. The molecule has 3 heterocycles. The molecule has 0 unspecified atom stereocenters. The molecule has 0 amide bonds. The third kappa shape index (κ3) is 3.37. The summed E-state index contributed by atoms with van der Waals surface area (Å²) in [4.78, 5) is 6.98. The first kappa shape index (κ1) is 18.9. The van der Waals surface area contributed by atoms with E-state index in [1.165, 1.54) is 17.0 Å². The molecule has 2 aromatic heterocycles. The summed E-state index contributed by atoms with van der Waals surface area (Å²) in [5, 5.41) is 4.37. The number of nitrogens with zero attached hydrogens (tertiary/aromatic N) is 3. The largest absolute Gasteiger partial charge is 0.352 e. The van der Waals surface area contributed by atoms with Crippen molar-refractivity contribution in [3.8, 4) is 0 Å². The molecule has 2 aromatic rings. The molecule has 0 radical (unpaired) electrons. The van der Waals surface area contributed by atoms with Crippen LogP contribution in [0.15, 0.2) is 30.5 Å². The van der Waals surface area contributed by atoms with Gasteiger partial charge in [-0.1, -0.05) is 19.9 Å². The van der Waals surface area contributed by atoms with Crippen LogP contribution in [0.1, 0.15) is 68.5 Å². The molecule has 0 aliphatic carbocycles. The van der Waals surface area contributed by atoms with Crippen LogP contribution in [0.2, 0.25) is 0 Å². The molecule has 1 fully saturated rings. The third-order valence-electron chi connectivity index (χ3n) is 5.12. The van der Waals surface area contributed by atoms with E-state index in [4.69, 9.17) is 12.2 Å². The molecule has 1 aliphatic heterocycles. The summed E-state index contributed by atoms with van der Waals surface area (Å²) < 4.78 is 2.42. The van der Waals surface area contributed by atoms with Crippen LogP contribution in [0.5, 0.6) is 0 Å². The Kier molecular flexibility index (Phi) is 5.37. The molecule has 140 valence electrons. The fourth-order valence-corrected chi connectivity index (χ4v) is 4.55. The second kappa shape index (κ2) is 7.39. The Labute approximate surface area is 162 Å². The lowest BCUT2D eigenvalue weighted by molar-refractivity contribution is 0.286. The van der Waals surface area contributed by atoms with Gasteiger partial charge in [0.05, 0.1) is 17.8 Å². The fourth-order valence-electron chi connectivity index (χ4n) is 4.23. The molecular formula is C21H30N4S. The van der Waals surface area contributed by atoms with Gasteiger partial charge in [-0.15, -0.1) is 0 Å². The van der Waals surface area contributed by atoms with Gasteiger partial charge >= 0.3 is 0 Å². The van der Waals surface area contributed by atoms with Gasteiger partial charge in [-0.05, 0) is 69.6 Å². The first-order valence-electron chi connectivity index (χ1n) is 9.47. The Morgan fingerprint density at radius 3 is 2.46 bits per heavy atom. The maximum absolute atomic E-state index is 5.73. The van der Waals surface area contributed by atoms with Crippen LogP contribution in [-0.2, 0) is 0 Å². The van der Waals surface area contributed by atoms with Gasteiger partial charge in [-0.2, -0.15) is 0 Å². The zero-order valence-corrected chi connectivity index (χ0v) is 17.5. The monoisotopic (exact) mass is 370 g/mol. The molecule has 0 saturated carbocycles. The van der Waals surface area contributed by atoms with Crippen LogP contribution in [0.4, 0.5) is 0 Å². The quantitative estimate of drug-likeness (QED) is 0.773. The first-order valence-corrected chi connectivity index (χ1v) is 9.88. The van der Waals surface area contributed by atoms with Gasteiger partial charge < -0.3 is 14.8 Å². The summed E-state index contributed by atoms with van der Waals surface area (Å²) in [7, 11) is 0. The molecule has 3 rings (SSSR count). The zero-order chi connectivity index (χ0) is 19.0. The Balaban J connectivity index is 2.11. The van der Waals surface area contributed by atoms with Crippen molar-refractivity contribution >= 4 is 17.3 Å². The van der Waals surface area contributed by atoms with E-state index in [1.54, 1.807) is 0 Å². The minimum atomic E-state index is 0.0727. The number of aromatic nitrogens is 2. The summed E-state index contributed by atoms with van der Waals surface area (Å²) in [5.74, 6) is 0.535. The molecule has 1 N–H and O–H groups in total. The summed E-state index contributed by atoms with van der Waals surface area (Å²) in [6.07, 6.45) is 1.86. The van der Waals surface area contributed by atoms with Crippen LogP contribution in [-0.4, -0.2) is 26.1 Å². The van der Waals surface area contributed by atoms with E-state index in [2.05, 4.69) is 73.4 Å². The molecule has 4 nitrogen and oxygen atoms in total. The van der Waals surface area contributed by atoms with Crippen molar-refractivity contribution in [3.63, 3.8) is 0 Å².